The lowest BCUT2D eigenvalue weighted by Crippen LogP contribution is -2.43. The minimum Gasteiger partial charge on any atom is -0.370 e. The molecule has 0 saturated heterocycles. The van der Waals surface area contributed by atoms with Crippen LogP contribution in [0, 0.1) is 0 Å². The third-order valence-corrected chi connectivity index (χ3v) is 1.05. The predicted octanol–water partition coefficient (Wildman–Crippen LogP) is -1.46. The van der Waals surface area contributed by atoms with Gasteiger partial charge < -0.3 is 10.5 Å². The van der Waals surface area contributed by atoms with Crippen molar-refractivity contribution in [1.82, 2.24) is 10.9 Å². The van der Waals surface area contributed by atoms with Crippen LogP contribution in [0.15, 0.2) is 0 Å². The lowest BCUT2D eigenvalue weighted by atomic mass is 10.2. The molecule has 0 spiro atoms. The summed E-state index contributed by atoms with van der Waals surface area (Å²) in [5.41, 5.74) is 10.2. The third kappa shape index (κ3) is 5.50. The summed E-state index contributed by atoms with van der Waals surface area (Å²) < 4.78 is 0. The van der Waals surface area contributed by atoms with Gasteiger partial charge >= 0.3 is 0 Å². The molecule has 5 nitrogen and oxygen atoms in total. The van der Waals surface area contributed by atoms with Crippen LogP contribution < -0.4 is 16.6 Å². The summed E-state index contributed by atoms with van der Waals surface area (Å²) in [6.07, 6.45) is 0.671. The molecule has 0 aromatic carbocycles. The van der Waals surface area contributed by atoms with E-state index in [-0.39, 0.29) is 6.42 Å². The molecule has 0 radical (unpaired) electrons. The number of hydrazine groups is 1. The summed E-state index contributed by atoms with van der Waals surface area (Å²) in [6, 6.07) is -0.521. The van der Waals surface area contributed by atoms with Crippen LogP contribution in [0.3, 0.4) is 0 Å². The molecule has 0 rings (SSSR count). The lowest BCUT2D eigenvalue weighted by Gasteiger charge is -2.09. The van der Waals surface area contributed by atoms with E-state index in [9.17, 15) is 9.59 Å². The molecule has 1 amide bonds. The van der Waals surface area contributed by atoms with Crippen molar-refractivity contribution in [1.29, 1.82) is 0 Å². The maximum atomic E-state index is 10.3. The van der Waals surface area contributed by atoms with Crippen molar-refractivity contribution in [2.45, 2.75) is 19.4 Å². The van der Waals surface area contributed by atoms with E-state index < -0.39 is 11.9 Å². The molecule has 0 aliphatic rings. The Bertz CT molecular complexity index is 138. The largest absolute Gasteiger partial charge is 0.370 e. The zero-order valence-corrected chi connectivity index (χ0v) is 6.46. The molecule has 0 bridgehead atoms. The number of rotatable bonds is 6. The summed E-state index contributed by atoms with van der Waals surface area (Å²) in [5, 5.41) is 0. The molecule has 0 aromatic rings. The second kappa shape index (κ2) is 5.82. The number of hydrogen-bond donors (Lipinski definition) is 3. The lowest BCUT2D eigenvalue weighted by molar-refractivity contribution is -0.121. The van der Waals surface area contributed by atoms with Crippen LogP contribution in [0.1, 0.15) is 13.3 Å². The van der Waals surface area contributed by atoms with Crippen molar-refractivity contribution in [2.75, 3.05) is 6.54 Å². The van der Waals surface area contributed by atoms with Crippen LogP contribution in [-0.4, -0.2) is 24.8 Å². The maximum absolute atomic E-state index is 10.3. The Morgan fingerprint density at radius 2 is 2.36 bits per heavy atom. The van der Waals surface area contributed by atoms with Crippen LogP contribution >= 0.6 is 0 Å². The van der Waals surface area contributed by atoms with Gasteiger partial charge in [-0.2, -0.15) is 0 Å². The highest BCUT2D eigenvalue weighted by atomic mass is 16.1. The van der Waals surface area contributed by atoms with Gasteiger partial charge in [-0.15, -0.1) is 0 Å². The average molecular weight is 159 g/mol. The fourth-order valence-electron chi connectivity index (χ4n) is 0.583. The average Bonchev–Trinajstić information content (AvgIpc) is 1.97. The van der Waals surface area contributed by atoms with Crippen molar-refractivity contribution in [3.63, 3.8) is 0 Å². The first-order valence-electron chi connectivity index (χ1n) is 3.42. The van der Waals surface area contributed by atoms with Gasteiger partial charge in [-0.05, 0) is 0 Å². The first-order valence-corrected chi connectivity index (χ1v) is 3.42. The third-order valence-electron chi connectivity index (χ3n) is 1.05. The van der Waals surface area contributed by atoms with E-state index in [4.69, 9.17) is 5.73 Å². The molecule has 0 unspecified atom stereocenters. The number of carbonyl (C=O) groups is 2. The van der Waals surface area contributed by atoms with E-state index in [0.29, 0.717) is 12.8 Å². The highest BCUT2D eigenvalue weighted by Gasteiger charge is 2.08. The standard InChI is InChI=1S/C6H13N3O2/c1-2-8-9-5(4-10)3-6(7)11/h4-5,8-9H,2-3H2,1H3,(H2,7,11)/t5-/m1/s1. The molecular weight excluding hydrogens is 146 g/mol. The van der Waals surface area contributed by atoms with E-state index >= 15 is 0 Å². The Kier molecular flexibility index (Phi) is 5.32. The number of carbonyl (C=O) groups excluding carboxylic acids is 2. The summed E-state index contributed by atoms with van der Waals surface area (Å²) in [7, 11) is 0. The summed E-state index contributed by atoms with van der Waals surface area (Å²) in [4.78, 5) is 20.6. The molecule has 0 heterocycles. The number of nitrogens with one attached hydrogen (secondary N) is 2. The topological polar surface area (TPSA) is 84.2 Å². The van der Waals surface area contributed by atoms with Crippen LogP contribution in [-0.2, 0) is 9.59 Å². The van der Waals surface area contributed by atoms with Gasteiger partial charge in [0.05, 0.1) is 6.04 Å². The molecule has 0 fully saturated rings. The summed E-state index contributed by atoms with van der Waals surface area (Å²) in [5.74, 6) is -0.493. The summed E-state index contributed by atoms with van der Waals surface area (Å²) >= 11 is 0. The Hall–Kier alpha value is -0.940. The first-order chi connectivity index (χ1) is 5.20. The molecule has 4 N–H and O–H groups in total. The van der Waals surface area contributed by atoms with Crippen LogP contribution in [0.25, 0.3) is 0 Å². The second-order valence-corrected chi connectivity index (χ2v) is 2.09. The van der Waals surface area contributed by atoms with E-state index in [2.05, 4.69) is 10.9 Å². The Morgan fingerprint density at radius 1 is 1.73 bits per heavy atom. The normalized spacial score (nSPS) is 12.5. The monoisotopic (exact) mass is 159 g/mol. The van der Waals surface area contributed by atoms with E-state index in [1.807, 2.05) is 6.92 Å². The van der Waals surface area contributed by atoms with Crippen LogP contribution in [0.2, 0.25) is 0 Å². The second-order valence-electron chi connectivity index (χ2n) is 2.09. The number of hydrogen-bond acceptors (Lipinski definition) is 4. The quantitative estimate of drug-likeness (QED) is 0.327. The number of amides is 1. The Labute approximate surface area is 65.3 Å². The van der Waals surface area contributed by atoms with Crippen molar-refractivity contribution < 1.29 is 9.59 Å². The van der Waals surface area contributed by atoms with Crippen molar-refractivity contribution in [3.05, 3.63) is 0 Å². The Balaban J connectivity index is 3.57. The highest BCUT2D eigenvalue weighted by molar-refractivity contribution is 5.78. The Morgan fingerprint density at radius 3 is 2.73 bits per heavy atom. The minimum atomic E-state index is -0.521. The van der Waals surface area contributed by atoms with Crippen molar-refractivity contribution in [3.8, 4) is 0 Å². The first kappa shape index (κ1) is 10.1. The molecule has 1 atom stereocenters. The molecule has 0 saturated carbocycles. The summed E-state index contributed by atoms with van der Waals surface area (Å²) in [6.45, 7) is 2.56. The van der Waals surface area contributed by atoms with Gasteiger partial charge in [0, 0.05) is 13.0 Å². The van der Waals surface area contributed by atoms with Gasteiger partial charge in [0.1, 0.15) is 6.29 Å². The van der Waals surface area contributed by atoms with Gasteiger partial charge in [0.2, 0.25) is 5.91 Å². The maximum Gasteiger partial charge on any atom is 0.219 e. The molecule has 11 heavy (non-hydrogen) atoms. The van der Waals surface area contributed by atoms with E-state index in [1.165, 1.54) is 0 Å². The zero-order valence-electron chi connectivity index (χ0n) is 6.46. The smallest absolute Gasteiger partial charge is 0.219 e. The number of nitrogens with two attached hydrogens (primary N) is 1. The minimum absolute atomic E-state index is 0.0243. The SMILES string of the molecule is CCNN[C@@H](C=O)CC(N)=O. The molecule has 5 heteroatoms. The highest BCUT2D eigenvalue weighted by Crippen LogP contribution is 1.83. The number of aldehydes is 1. The van der Waals surface area contributed by atoms with Gasteiger partial charge in [-0.3, -0.25) is 10.2 Å². The molecule has 0 aliphatic carbocycles. The fourth-order valence-corrected chi connectivity index (χ4v) is 0.583. The van der Waals surface area contributed by atoms with Crippen molar-refractivity contribution >= 4 is 12.2 Å². The van der Waals surface area contributed by atoms with E-state index in [0.717, 1.165) is 0 Å². The van der Waals surface area contributed by atoms with E-state index in [1.54, 1.807) is 0 Å². The predicted molar refractivity (Wildman–Crippen MR) is 40.5 cm³/mol. The van der Waals surface area contributed by atoms with Gasteiger partial charge in [0.15, 0.2) is 0 Å². The molecule has 0 aromatic heterocycles. The van der Waals surface area contributed by atoms with Gasteiger partial charge in [-0.1, -0.05) is 6.92 Å². The van der Waals surface area contributed by atoms with Crippen LogP contribution in [0.4, 0.5) is 0 Å². The van der Waals surface area contributed by atoms with Crippen molar-refractivity contribution in [2.24, 2.45) is 5.73 Å². The fraction of sp³-hybridized carbons (Fsp3) is 0.667. The zero-order chi connectivity index (χ0) is 8.69. The van der Waals surface area contributed by atoms with Gasteiger partial charge in [-0.25, -0.2) is 5.43 Å². The van der Waals surface area contributed by atoms with Gasteiger partial charge in [0.25, 0.3) is 0 Å². The molecule has 64 valence electrons. The number of primary amides is 1. The molecular formula is C6H13N3O2. The van der Waals surface area contributed by atoms with Crippen LogP contribution in [0.5, 0.6) is 0 Å². The molecule has 0 aliphatic heterocycles.